The van der Waals surface area contributed by atoms with Crippen molar-refractivity contribution in [3.05, 3.63) is 191 Å². The summed E-state index contributed by atoms with van der Waals surface area (Å²) in [6.07, 6.45) is 24.6. The molecule has 9 rings (SSSR count). The average molecular weight is 803 g/mol. The molecule has 0 spiro atoms. The molecule has 61 heavy (non-hydrogen) atoms. The van der Waals surface area contributed by atoms with Crippen molar-refractivity contribution in [3.8, 4) is 23.0 Å². The van der Waals surface area contributed by atoms with Crippen LogP contribution in [0.5, 0.6) is 23.0 Å². The van der Waals surface area contributed by atoms with E-state index in [1.807, 2.05) is 97.1 Å². The van der Waals surface area contributed by atoms with Gasteiger partial charge in [0.1, 0.15) is 23.0 Å². The lowest BCUT2D eigenvalue weighted by Crippen LogP contribution is -2.04. The molecule has 302 valence electrons. The van der Waals surface area contributed by atoms with E-state index in [0.29, 0.717) is 40.8 Å². The Bertz CT molecular complexity index is 2710. The van der Waals surface area contributed by atoms with Gasteiger partial charge in [-0.15, -0.1) is 0 Å². The minimum Gasteiger partial charge on any atom is -0.508 e. The topological polar surface area (TPSA) is 119 Å². The maximum atomic E-state index is 10.3. The van der Waals surface area contributed by atoms with Crippen LogP contribution < -0.4 is 4.74 Å². The van der Waals surface area contributed by atoms with Gasteiger partial charge in [0.2, 0.25) is 0 Å². The summed E-state index contributed by atoms with van der Waals surface area (Å²) < 4.78 is 6.19. The van der Waals surface area contributed by atoms with Gasteiger partial charge in [-0.3, -0.25) is 0 Å². The number of fused-ring (bicyclic) bond motifs is 4. The van der Waals surface area contributed by atoms with E-state index in [1.54, 1.807) is 36.4 Å². The van der Waals surface area contributed by atoms with Gasteiger partial charge in [0, 0.05) is 22.3 Å². The second kappa shape index (κ2) is 17.5. The number of hydrogen-bond acceptors (Lipinski definition) is 8. The number of nitrogens with zero attached hydrogens (tertiary/aromatic N) is 4. The number of benzene rings is 4. The molecule has 5 heterocycles. The molecule has 0 aromatic heterocycles. The molecule has 8 bridgehead atoms. The van der Waals surface area contributed by atoms with Gasteiger partial charge in [-0.05, 0) is 126 Å². The van der Waals surface area contributed by atoms with Crippen molar-refractivity contribution in [2.24, 2.45) is 20.0 Å². The van der Waals surface area contributed by atoms with Crippen LogP contribution in [-0.2, 0) is 0 Å². The van der Waals surface area contributed by atoms with Gasteiger partial charge in [-0.2, -0.15) is 0 Å². The predicted molar refractivity (Wildman–Crippen MR) is 248 cm³/mol. The number of aromatic hydroxyl groups is 3. The highest BCUT2D eigenvalue weighted by Crippen LogP contribution is 2.39. The zero-order valence-corrected chi connectivity index (χ0v) is 34.1. The normalized spacial score (nSPS) is 16.5. The summed E-state index contributed by atoms with van der Waals surface area (Å²) in [5.41, 5.74) is 12.4. The summed E-state index contributed by atoms with van der Waals surface area (Å²) in [7, 11) is 0. The SMILES string of the molecule is CCCCCCCCCOc1ccc(C2=C3C=CC(=N3)C(c3ccc(O)cc3)=C3C=CC(=N3)C(c3ccc(O)cc3)=C3C=CC(=N3)C(c3ccc(O)cc3)=C3C=CC2=N3)cc1. The summed E-state index contributed by atoms with van der Waals surface area (Å²) in [4.78, 5) is 21.2. The van der Waals surface area contributed by atoms with Crippen molar-refractivity contribution in [2.45, 2.75) is 51.9 Å². The van der Waals surface area contributed by atoms with Crippen LogP contribution in [-0.4, -0.2) is 44.8 Å². The molecule has 0 unspecified atom stereocenters. The molecule has 4 aromatic carbocycles. The number of unbranched alkanes of at least 4 members (excludes halogenated alkanes) is 6. The fourth-order valence-corrected chi connectivity index (χ4v) is 8.12. The Balaban J connectivity index is 1.20. The lowest BCUT2D eigenvalue weighted by molar-refractivity contribution is 0.304. The zero-order valence-electron chi connectivity index (χ0n) is 34.1. The quantitative estimate of drug-likeness (QED) is 0.117. The van der Waals surface area contributed by atoms with Crippen LogP contribution in [0.15, 0.2) is 188 Å². The van der Waals surface area contributed by atoms with Gasteiger partial charge in [0.15, 0.2) is 0 Å². The van der Waals surface area contributed by atoms with Crippen LogP contribution >= 0.6 is 0 Å². The highest BCUT2D eigenvalue weighted by Gasteiger charge is 2.27. The smallest absolute Gasteiger partial charge is 0.119 e. The molecule has 0 saturated heterocycles. The molecule has 3 N–H and O–H groups in total. The van der Waals surface area contributed by atoms with E-state index < -0.39 is 0 Å². The van der Waals surface area contributed by atoms with E-state index in [-0.39, 0.29) is 17.2 Å². The van der Waals surface area contributed by atoms with Gasteiger partial charge >= 0.3 is 0 Å². The largest absolute Gasteiger partial charge is 0.508 e. The number of hydrogen-bond donors (Lipinski definition) is 3. The number of aliphatic imine (C=N–C) groups is 4. The van der Waals surface area contributed by atoms with E-state index in [9.17, 15) is 15.3 Å². The summed E-state index contributed by atoms with van der Waals surface area (Å²) in [5.74, 6) is 1.31. The minimum absolute atomic E-state index is 0.159. The van der Waals surface area contributed by atoms with Gasteiger partial charge in [-0.25, -0.2) is 20.0 Å². The molecular weight excluding hydrogens is 757 g/mol. The molecule has 8 nitrogen and oxygen atoms in total. The summed E-state index contributed by atoms with van der Waals surface area (Å²) in [6.45, 7) is 2.93. The van der Waals surface area contributed by atoms with E-state index in [4.69, 9.17) is 24.7 Å². The summed E-state index contributed by atoms with van der Waals surface area (Å²) >= 11 is 0. The Morgan fingerprint density at radius 3 is 0.984 bits per heavy atom. The third kappa shape index (κ3) is 8.43. The van der Waals surface area contributed by atoms with E-state index in [2.05, 4.69) is 19.1 Å². The first-order valence-electron chi connectivity index (χ1n) is 21.1. The summed E-state index contributed by atoms with van der Waals surface area (Å²) in [5, 5.41) is 30.8. The van der Waals surface area contributed by atoms with Crippen molar-refractivity contribution in [1.82, 2.24) is 0 Å². The van der Waals surface area contributed by atoms with Gasteiger partial charge in [0.25, 0.3) is 0 Å². The minimum atomic E-state index is 0.159. The number of allylic oxidation sites excluding steroid dienone is 12. The molecular formula is C53H46N4O4. The van der Waals surface area contributed by atoms with Crippen molar-refractivity contribution in [1.29, 1.82) is 0 Å². The van der Waals surface area contributed by atoms with Gasteiger partial charge < -0.3 is 20.1 Å². The second-order valence-electron chi connectivity index (χ2n) is 15.5. The molecule has 4 aromatic rings. The lowest BCUT2D eigenvalue weighted by atomic mass is 9.98. The van der Waals surface area contributed by atoms with Crippen LogP contribution in [0.1, 0.15) is 74.1 Å². The van der Waals surface area contributed by atoms with Crippen LogP contribution in [0, 0.1) is 0 Å². The third-order valence-corrected chi connectivity index (χ3v) is 11.2. The van der Waals surface area contributed by atoms with E-state index >= 15 is 0 Å². The molecule has 5 aliphatic heterocycles. The van der Waals surface area contributed by atoms with Crippen LogP contribution in [0.4, 0.5) is 0 Å². The molecule has 8 heteroatoms. The molecule has 5 aliphatic rings. The fourth-order valence-electron chi connectivity index (χ4n) is 8.12. The van der Waals surface area contributed by atoms with E-state index in [0.717, 1.165) is 68.1 Å². The molecule has 0 fully saturated rings. The molecule has 0 saturated carbocycles. The Morgan fingerprint density at radius 1 is 0.361 bits per heavy atom. The highest BCUT2D eigenvalue weighted by molar-refractivity contribution is 6.39. The van der Waals surface area contributed by atoms with Gasteiger partial charge in [-0.1, -0.05) is 94.0 Å². The van der Waals surface area contributed by atoms with Crippen LogP contribution in [0.25, 0.3) is 22.3 Å². The number of rotatable bonds is 13. The van der Waals surface area contributed by atoms with Crippen molar-refractivity contribution in [2.75, 3.05) is 6.61 Å². The molecule has 0 aliphatic carbocycles. The van der Waals surface area contributed by atoms with Crippen molar-refractivity contribution in [3.63, 3.8) is 0 Å². The maximum Gasteiger partial charge on any atom is 0.119 e. The lowest BCUT2D eigenvalue weighted by Gasteiger charge is -2.13. The third-order valence-electron chi connectivity index (χ3n) is 11.2. The maximum absolute atomic E-state index is 10.3. The number of ether oxygens (including phenoxy) is 1. The highest BCUT2D eigenvalue weighted by atomic mass is 16.5. The second-order valence-corrected chi connectivity index (χ2v) is 15.5. The van der Waals surface area contributed by atoms with Crippen LogP contribution in [0.3, 0.4) is 0 Å². The van der Waals surface area contributed by atoms with Crippen molar-refractivity contribution < 1.29 is 20.1 Å². The average Bonchev–Trinajstić information content (AvgIpc) is 4.13. The fraction of sp³-hybridized carbons (Fsp3) is 0.170. The Hall–Kier alpha value is -7.32. The number of phenols is 3. The standard InChI is InChI=1S/C53H46N4O4/c1-2-3-4-5-6-7-8-33-61-41-23-15-37(16-24-41)53-48-31-29-46(56-48)51(35-11-19-39(59)20-12-35)44-27-25-42(54-44)50(34-9-17-38(58)18-10-34)43-26-28-45(55-43)52(47-30-32-49(53)57-47)36-13-21-40(60)22-14-36/h9-32,58-60H,2-8,33H2,1H3. The molecule has 0 amide bonds. The van der Waals surface area contributed by atoms with E-state index in [1.165, 1.54) is 38.5 Å². The first kappa shape index (κ1) is 39.2. The monoisotopic (exact) mass is 802 g/mol. The Morgan fingerprint density at radius 2 is 0.656 bits per heavy atom. The van der Waals surface area contributed by atoms with Crippen LogP contribution in [0.2, 0.25) is 0 Å². The summed E-state index contributed by atoms with van der Waals surface area (Å²) in [6, 6.07) is 29.4. The zero-order chi connectivity index (χ0) is 41.7. The molecule has 0 radical (unpaired) electrons. The first-order chi connectivity index (χ1) is 29.9. The van der Waals surface area contributed by atoms with Gasteiger partial charge in [0.05, 0.1) is 52.2 Å². The predicted octanol–water partition coefficient (Wildman–Crippen LogP) is 11.9. The number of phenolic OH excluding ortho intramolecular Hbond substituents is 3. The first-order valence-corrected chi connectivity index (χ1v) is 21.1. The van der Waals surface area contributed by atoms with Crippen molar-refractivity contribution >= 4 is 45.1 Å². The Labute approximate surface area is 356 Å². The Kier molecular flexibility index (Phi) is 11.2. The molecule has 0 atom stereocenters.